The van der Waals surface area contributed by atoms with E-state index in [2.05, 4.69) is 27.5 Å². The molecule has 37 heavy (non-hydrogen) atoms. The fourth-order valence-corrected chi connectivity index (χ4v) is 5.40. The Bertz CT molecular complexity index is 1060. The zero-order chi connectivity index (χ0) is 26.4. The van der Waals surface area contributed by atoms with Gasteiger partial charge in [0.05, 0.1) is 5.56 Å². The number of nitrogens with one attached hydrogen (secondary N) is 1. The van der Waals surface area contributed by atoms with Crippen molar-refractivity contribution in [3.8, 4) is 0 Å². The minimum Gasteiger partial charge on any atom is -0.382 e. The van der Waals surface area contributed by atoms with Crippen LogP contribution in [-0.4, -0.2) is 43.0 Å². The molecule has 0 radical (unpaired) electrons. The zero-order valence-corrected chi connectivity index (χ0v) is 21.4. The van der Waals surface area contributed by atoms with Crippen LogP contribution in [0.25, 0.3) is 0 Å². The number of rotatable bonds is 8. The molecule has 10 heteroatoms. The van der Waals surface area contributed by atoms with E-state index in [0.29, 0.717) is 44.0 Å². The molecular weight excluding hydrogens is 505 g/mol. The number of anilines is 2. The predicted molar refractivity (Wildman–Crippen MR) is 140 cm³/mol. The van der Waals surface area contributed by atoms with Crippen molar-refractivity contribution in [3.05, 3.63) is 58.0 Å². The van der Waals surface area contributed by atoms with Gasteiger partial charge in [0.1, 0.15) is 5.69 Å². The summed E-state index contributed by atoms with van der Waals surface area (Å²) in [5.74, 6) is 0.784. The summed E-state index contributed by atoms with van der Waals surface area (Å²) in [6, 6.07) is 11.4. The molecule has 0 atom stereocenters. The Morgan fingerprint density at radius 3 is 2.30 bits per heavy atom. The number of nitroso groups, excluding NO2 is 1. The van der Waals surface area contributed by atoms with E-state index in [1.165, 1.54) is 11.8 Å². The Morgan fingerprint density at radius 2 is 1.68 bits per heavy atom. The van der Waals surface area contributed by atoms with Gasteiger partial charge in [0.15, 0.2) is 0 Å². The lowest BCUT2D eigenvalue weighted by Crippen LogP contribution is -2.42. The molecule has 0 bridgehead atoms. The molecule has 2 aromatic rings. The summed E-state index contributed by atoms with van der Waals surface area (Å²) in [6.07, 6.45) is 1.36. The second-order valence-electron chi connectivity index (χ2n) is 9.92. The summed E-state index contributed by atoms with van der Waals surface area (Å²) in [4.78, 5) is 27.7. The van der Waals surface area contributed by atoms with Gasteiger partial charge < -0.3 is 15.1 Å². The number of hydrogen-bond donors (Lipinski definition) is 1. The van der Waals surface area contributed by atoms with Crippen LogP contribution in [0.1, 0.15) is 50.5 Å². The minimum atomic E-state index is -4.65. The normalized spacial score (nSPS) is 17.6. The van der Waals surface area contributed by atoms with Crippen molar-refractivity contribution >= 4 is 34.6 Å². The molecule has 2 aromatic carbocycles. The first-order chi connectivity index (χ1) is 17.7. The highest BCUT2D eigenvalue weighted by Crippen LogP contribution is 2.38. The highest BCUT2D eigenvalue weighted by atomic mass is 35.5. The van der Waals surface area contributed by atoms with Crippen molar-refractivity contribution in [2.75, 3.05) is 36.4 Å². The number of alkyl halides is 3. The minimum absolute atomic E-state index is 0.0361. The Hall–Kier alpha value is -2.81. The number of halogens is 4. The number of benzene rings is 2. The quantitative estimate of drug-likeness (QED) is 0.361. The lowest BCUT2D eigenvalue weighted by molar-refractivity contribution is -0.137. The molecule has 2 aliphatic rings. The molecule has 2 fully saturated rings. The van der Waals surface area contributed by atoms with E-state index in [4.69, 9.17) is 11.6 Å². The maximum atomic E-state index is 13.2. The molecule has 2 heterocycles. The zero-order valence-electron chi connectivity index (χ0n) is 20.6. The largest absolute Gasteiger partial charge is 0.418 e. The fourth-order valence-electron chi connectivity index (χ4n) is 5.27. The average molecular weight is 537 g/mol. The van der Waals surface area contributed by atoms with E-state index in [9.17, 15) is 22.9 Å². The van der Waals surface area contributed by atoms with Gasteiger partial charge in [-0.2, -0.15) is 13.2 Å². The van der Waals surface area contributed by atoms with Crippen LogP contribution in [0.4, 0.5) is 30.2 Å². The SMILES string of the molecule is O=Nc1ccc(NC2CCN(C(=O)CCCC3CCN(c4ccc(Cl)cc4)CC3)CC2)cc1C(F)(F)F. The van der Waals surface area contributed by atoms with Gasteiger partial charge >= 0.3 is 6.18 Å². The molecule has 1 N–H and O–H groups in total. The van der Waals surface area contributed by atoms with Crippen LogP contribution in [0.3, 0.4) is 0 Å². The van der Waals surface area contributed by atoms with Crippen LogP contribution in [0.15, 0.2) is 47.6 Å². The first kappa shape index (κ1) is 27.2. The van der Waals surface area contributed by atoms with Gasteiger partial charge in [-0.05, 0) is 92.1 Å². The van der Waals surface area contributed by atoms with Crippen LogP contribution in [0.5, 0.6) is 0 Å². The fraction of sp³-hybridized carbons (Fsp3) is 0.519. The lowest BCUT2D eigenvalue weighted by atomic mass is 9.91. The third kappa shape index (κ3) is 7.37. The number of amides is 1. The number of hydrogen-bond acceptors (Lipinski definition) is 5. The maximum absolute atomic E-state index is 13.2. The molecule has 0 aromatic heterocycles. The third-order valence-corrected chi connectivity index (χ3v) is 7.68. The molecule has 4 rings (SSSR count). The van der Waals surface area contributed by atoms with Crippen molar-refractivity contribution < 1.29 is 18.0 Å². The summed E-state index contributed by atoms with van der Waals surface area (Å²) in [6.45, 7) is 3.19. The maximum Gasteiger partial charge on any atom is 0.418 e. The van der Waals surface area contributed by atoms with Gasteiger partial charge in [0, 0.05) is 55.0 Å². The average Bonchev–Trinajstić information content (AvgIpc) is 2.89. The summed E-state index contributed by atoms with van der Waals surface area (Å²) in [5, 5.41) is 6.34. The van der Waals surface area contributed by atoms with E-state index >= 15 is 0 Å². The molecule has 2 saturated heterocycles. The van der Waals surface area contributed by atoms with Crippen molar-refractivity contribution in [1.29, 1.82) is 0 Å². The summed E-state index contributed by atoms with van der Waals surface area (Å²) < 4.78 is 39.5. The van der Waals surface area contributed by atoms with Gasteiger partial charge in [-0.15, -0.1) is 4.91 Å². The monoisotopic (exact) mass is 536 g/mol. The van der Waals surface area contributed by atoms with Gasteiger partial charge in [-0.1, -0.05) is 11.6 Å². The van der Waals surface area contributed by atoms with E-state index < -0.39 is 17.4 Å². The molecule has 0 saturated carbocycles. The Labute approximate surface area is 220 Å². The molecule has 200 valence electrons. The second kappa shape index (κ2) is 12.2. The summed E-state index contributed by atoms with van der Waals surface area (Å²) in [5.41, 5.74) is -0.167. The van der Waals surface area contributed by atoms with Crippen molar-refractivity contribution in [2.24, 2.45) is 11.1 Å². The summed E-state index contributed by atoms with van der Waals surface area (Å²) in [7, 11) is 0. The molecule has 6 nitrogen and oxygen atoms in total. The van der Waals surface area contributed by atoms with Crippen LogP contribution in [0, 0.1) is 10.8 Å². The highest BCUT2D eigenvalue weighted by molar-refractivity contribution is 6.30. The topological polar surface area (TPSA) is 65.0 Å². The van der Waals surface area contributed by atoms with Crippen molar-refractivity contribution in [1.82, 2.24) is 4.90 Å². The number of nitrogens with zero attached hydrogens (tertiary/aromatic N) is 3. The Kier molecular flexibility index (Phi) is 8.95. The number of carbonyl (C=O) groups excluding carboxylic acids is 1. The predicted octanol–water partition coefficient (Wildman–Crippen LogP) is 7.25. The third-order valence-electron chi connectivity index (χ3n) is 7.43. The van der Waals surface area contributed by atoms with Crippen molar-refractivity contribution in [2.45, 2.75) is 57.2 Å². The smallest absolute Gasteiger partial charge is 0.382 e. The van der Waals surface area contributed by atoms with Crippen LogP contribution < -0.4 is 10.2 Å². The molecule has 2 aliphatic heterocycles. The van der Waals surface area contributed by atoms with Gasteiger partial charge in [0.2, 0.25) is 5.91 Å². The second-order valence-corrected chi connectivity index (χ2v) is 10.4. The van der Waals surface area contributed by atoms with Crippen LogP contribution >= 0.6 is 11.6 Å². The van der Waals surface area contributed by atoms with E-state index in [0.717, 1.165) is 55.9 Å². The molecule has 0 spiro atoms. The highest BCUT2D eigenvalue weighted by Gasteiger charge is 2.34. The van der Waals surface area contributed by atoms with E-state index in [1.807, 2.05) is 17.0 Å². The summed E-state index contributed by atoms with van der Waals surface area (Å²) >= 11 is 5.98. The Balaban J connectivity index is 1.15. The van der Waals surface area contributed by atoms with Crippen LogP contribution in [0.2, 0.25) is 5.02 Å². The van der Waals surface area contributed by atoms with Crippen LogP contribution in [-0.2, 0) is 11.0 Å². The number of likely N-dealkylation sites (tertiary alicyclic amines) is 1. The van der Waals surface area contributed by atoms with Crippen molar-refractivity contribution in [3.63, 3.8) is 0 Å². The molecule has 0 aliphatic carbocycles. The molecule has 0 unspecified atom stereocenters. The first-order valence-corrected chi connectivity index (χ1v) is 13.2. The Morgan fingerprint density at radius 1 is 1.00 bits per heavy atom. The number of piperidine rings is 2. The number of carbonyl (C=O) groups is 1. The first-order valence-electron chi connectivity index (χ1n) is 12.8. The lowest BCUT2D eigenvalue weighted by Gasteiger charge is -2.34. The van der Waals surface area contributed by atoms with E-state index in [1.54, 1.807) is 0 Å². The van der Waals surface area contributed by atoms with Gasteiger partial charge in [-0.3, -0.25) is 4.79 Å². The van der Waals surface area contributed by atoms with Gasteiger partial charge in [-0.25, -0.2) is 0 Å². The van der Waals surface area contributed by atoms with Gasteiger partial charge in [0.25, 0.3) is 0 Å². The molecular formula is C27H32ClF3N4O2. The molecule has 1 amide bonds. The standard InChI is InChI=1S/C27H32ClF3N4O2/c28-20-4-7-23(8-5-20)34-14-10-19(11-15-34)2-1-3-26(36)35-16-12-21(13-17-35)32-22-6-9-25(33-37)24(18-22)27(29,30)31/h4-9,18-19,21,32H,1-3,10-17H2. The van der Waals surface area contributed by atoms with E-state index in [-0.39, 0.29) is 11.9 Å².